The standard InChI is InChI=1S/C63H72I3NO8/c1-5-9-13-17-21-40-45-31-46-41(22-18-14-10-6-2)48-33-50-43(24-20-16-12-8-4)52-34-51-42(23-19-15-11-7-3)49-32-47(40)58-53(64)60(49)72-37-74-62(51)55(66)63(52)75-38-73-61(50)54(65)59(48)71-36-69-57(46)44(56(45)68-35-70-58)26-25-39-27-29-67-30-28-39/h27-34,40-43H,5-24,35-38H2,1-4H3. The number of ether oxygens (including phenoxy) is 8. The Morgan fingerprint density at radius 1 is 0.373 bits per heavy atom. The van der Waals surface area contributed by atoms with Gasteiger partial charge in [0.15, 0.2) is 0 Å². The third-order valence-corrected chi connectivity index (χ3v) is 19.0. The summed E-state index contributed by atoms with van der Waals surface area (Å²) in [5, 5.41) is 0. The van der Waals surface area contributed by atoms with Crippen molar-refractivity contribution < 1.29 is 37.9 Å². The van der Waals surface area contributed by atoms with E-state index in [0.717, 1.165) is 181 Å². The van der Waals surface area contributed by atoms with E-state index < -0.39 is 0 Å². The van der Waals surface area contributed by atoms with Crippen molar-refractivity contribution in [3.8, 4) is 57.8 Å². The van der Waals surface area contributed by atoms with Crippen molar-refractivity contribution in [2.45, 2.75) is 180 Å². The zero-order valence-corrected chi connectivity index (χ0v) is 50.7. The molecule has 398 valence electrons. The molecule has 1 aromatic heterocycles. The van der Waals surface area contributed by atoms with E-state index in [9.17, 15) is 0 Å². The van der Waals surface area contributed by atoms with Gasteiger partial charge < -0.3 is 37.9 Å². The molecule has 0 saturated carbocycles. The van der Waals surface area contributed by atoms with Gasteiger partial charge in [-0.1, -0.05) is 142 Å². The maximum Gasteiger partial charge on any atom is 0.231 e. The molecule has 0 fully saturated rings. The quantitative estimate of drug-likeness (QED) is 0.0430. The lowest BCUT2D eigenvalue weighted by Crippen LogP contribution is -2.24. The van der Waals surface area contributed by atoms with E-state index in [1.807, 2.05) is 12.1 Å². The van der Waals surface area contributed by atoms with Gasteiger partial charge in [0.05, 0.1) is 10.7 Å². The fraction of sp³-hybridized carbons (Fsp3) is 0.508. The highest BCUT2D eigenvalue weighted by atomic mass is 127. The highest BCUT2D eigenvalue weighted by Gasteiger charge is 2.41. The monoisotopic (exact) mass is 1350 g/mol. The summed E-state index contributed by atoms with van der Waals surface area (Å²) >= 11 is 7.50. The Kier molecular flexibility index (Phi) is 18.7. The van der Waals surface area contributed by atoms with Crippen LogP contribution in [0, 0.1) is 22.6 Å². The fourth-order valence-electron chi connectivity index (χ4n) is 12.2. The Labute approximate surface area is 486 Å². The summed E-state index contributed by atoms with van der Waals surface area (Å²) < 4.78 is 58.4. The van der Waals surface area contributed by atoms with Crippen LogP contribution in [0.15, 0.2) is 48.8 Å². The lowest BCUT2D eigenvalue weighted by atomic mass is 9.75. The molecular formula is C63H72I3NO8. The zero-order valence-electron chi connectivity index (χ0n) is 44.2. The smallest absolute Gasteiger partial charge is 0.231 e. The van der Waals surface area contributed by atoms with Crippen LogP contribution in [-0.4, -0.2) is 32.2 Å². The van der Waals surface area contributed by atoms with Crippen LogP contribution in [-0.2, 0) is 0 Å². The maximum atomic E-state index is 7.02. The molecule has 9 nitrogen and oxygen atoms in total. The minimum atomic E-state index is -0.106. The molecule has 0 N–H and O–H groups in total. The first-order chi connectivity index (χ1) is 36.9. The summed E-state index contributed by atoms with van der Waals surface area (Å²) in [5.74, 6) is 13.3. The summed E-state index contributed by atoms with van der Waals surface area (Å²) in [5.41, 5.74) is 10.9. The summed E-state index contributed by atoms with van der Waals surface area (Å²) in [7, 11) is 0. The van der Waals surface area contributed by atoms with Gasteiger partial charge in [0, 0.05) is 86.1 Å². The van der Waals surface area contributed by atoms with E-state index in [2.05, 4.69) is 137 Å². The number of rotatable bonds is 20. The number of aromatic nitrogens is 1. The Bertz CT molecular complexity index is 2740. The van der Waals surface area contributed by atoms with Crippen LogP contribution < -0.4 is 37.9 Å². The summed E-state index contributed by atoms with van der Waals surface area (Å²) in [4.78, 5) is 4.31. The van der Waals surface area contributed by atoms with Crippen molar-refractivity contribution in [2.24, 2.45) is 0 Å². The number of pyridine rings is 1. The molecule has 4 unspecified atom stereocenters. The van der Waals surface area contributed by atoms with Crippen LogP contribution in [0.4, 0.5) is 0 Å². The fourth-order valence-corrected chi connectivity index (χ4v) is 15.0. The molecule has 5 aromatic rings. The molecule has 1 aliphatic carbocycles. The Morgan fingerprint density at radius 3 is 0.920 bits per heavy atom. The molecule has 4 aliphatic heterocycles. The van der Waals surface area contributed by atoms with Crippen LogP contribution in [0.2, 0.25) is 0 Å². The first kappa shape index (κ1) is 54.5. The summed E-state index contributed by atoms with van der Waals surface area (Å²) in [6.45, 7) is 9.20. The van der Waals surface area contributed by atoms with Gasteiger partial charge in [-0.15, -0.1) is 0 Å². The summed E-state index contributed by atoms with van der Waals surface area (Å²) in [6, 6.07) is 13.8. The second-order valence-electron chi connectivity index (χ2n) is 20.9. The molecule has 0 spiro atoms. The van der Waals surface area contributed by atoms with Crippen LogP contribution in [0.3, 0.4) is 0 Å². The van der Waals surface area contributed by atoms with Gasteiger partial charge in [-0.3, -0.25) is 4.98 Å². The van der Waals surface area contributed by atoms with E-state index in [4.69, 9.17) is 37.9 Å². The third-order valence-electron chi connectivity index (χ3n) is 16.0. The van der Waals surface area contributed by atoms with Gasteiger partial charge in [0.1, 0.15) is 51.6 Å². The maximum absolute atomic E-state index is 7.02. The predicted molar refractivity (Wildman–Crippen MR) is 321 cm³/mol. The van der Waals surface area contributed by atoms with Gasteiger partial charge in [0.25, 0.3) is 0 Å². The van der Waals surface area contributed by atoms with E-state index in [1.54, 1.807) is 12.4 Å². The molecule has 5 heterocycles. The van der Waals surface area contributed by atoms with Gasteiger partial charge in [0.2, 0.25) is 27.2 Å². The van der Waals surface area contributed by atoms with Crippen molar-refractivity contribution in [1.82, 2.24) is 4.98 Å². The molecule has 0 amide bonds. The topological polar surface area (TPSA) is 86.7 Å². The van der Waals surface area contributed by atoms with Crippen molar-refractivity contribution in [3.63, 3.8) is 0 Å². The normalized spacial score (nSPS) is 18.3. The average Bonchev–Trinajstić information content (AvgIpc) is 3.41. The van der Waals surface area contributed by atoms with E-state index in [-0.39, 0.29) is 50.8 Å². The molecule has 0 saturated heterocycles. The van der Waals surface area contributed by atoms with Crippen molar-refractivity contribution >= 4 is 67.8 Å². The predicted octanol–water partition coefficient (Wildman–Crippen LogP) is 17.9. The SMILES string of the molecule is CCCCCCC1c2cc3c4c(I)c2OCOc2c1cc1c(c2I)OCOc2c(cc5c(c2C#Cc2ccncc2)OCOc2c(cc(c(c2I)OCO4)C3CCCCCC)C5CCCCCC)C1CCCCCC. The number of benzene rings is 4. The molecule has 0 radical (unpaired) electrons. The van der Waals surface area contributed by atoms with E-state index in [0.29, 0.717) is 11.5 Å². The lowest BCUT2D eigenvalue weighted by Gasteiger charge is -2.36. The van der Waals surface area contributed by atoms with E-state index >= 15 is 0 Å². The number of unbranched alkanes of at least 4 members (excludes halogenated alkanes) is 12. The van der Waals surface area contributed by atoms with E-state index in [1.165, 1.54) is 47.9 Å². The molecule has 75 heavy (non-hydrogen) atoms. The number of hydrogen-bond acceptors (Lipinski definition) is 9. The van der Waals surface area contributed by atoms with Crippen molar-refractivity contribution in [3.05, 3.63) is 115 Å². The minimum absolute atomic E-state index is 0.0199. The van der Waals surface area contributed by atoms with Crippen LogP contribution in [0.5, 0.6) is 46.0 Å². The molecule has 8 bridgehead atoms. The first-order valence-corrected chi connectivity index (χ1v) is 31.3. The molecule has 5 aliphatic rings. The third kappa shape index (κ3) is 11.4. The second kappa shape index (κ2) is 25.8. The van der Waals surface area contributed by atoms with Crippen LogP contribution >= 0.6 is 67.8 Å². The van der Waals surface area contributed by atoms with Crippen LogP contribution in [0.25, 0.3) is 0 Å². The molecule has 4 atom stereocenters. The zero-order chi connectivity index (χ0) is 51.8. The van der Waals surface area contributed by atoms with Gasteiger partial charge in [-0.05, 0) is 130 Å². The highest BCUT2D eigenvalue weighted by molar-refractivity contribution is 14.1. The van der Waals surface area contributed by atoms with Crippen molar-refractivity contribution in [1.29, 1.82) is 0 Å². The number of halogens is 3. The Hall–Kier alpha value is -3.82. The highest BCUT2D eigenvalue weighted by Crippen LogP contribution is 2.58. The largest absolute Gasteiger partial charge is 0.456 e. The molecule has 4 aromatic carbocycles. The van der Waals surface area contributed by atoms with Gasteiger partial charge in [-0.25, -0.2) is 0 Å². The van der Waals surface area contributed by atoms with Gasteiger partial charge >= 0.3 is 0 Å². The Morgan fingerprint density at radius 2 is 0.640 bits per heavy atom. The average molecular weight is 1350 g/mol. The van der Waals surface area contributed by atoms with Gasteiger partial charge in [-0.2, -0.15) is 0 Å². The molecule has 10 rings (SSSR count). The number of hydrogen-bond donors (Lipinski definition) is 0. The number of nitrogens with zero attached hydrogens (tertiary/aromatic N) is 1. The second-order valence-corrected chi connectivity index (χ2v) is 24.1. The van der Waals surface area contributed by atoms with Crippen molar-refractivity contribution in [2.75, 3.05) is 27.2 Å². The molecular weight excluding hydrogens is 1280 g/mol. The minimum Gasteiger partial charge on any atom is -0.456 e. The lowest BCUT2D eigenvalue weighted by molar-refractivity contribution is 0.0956. The van der Waals surface area contributed by atoms with Crippen LogP contribution in [0.1, 0.15) is 235 Å². The molecule has 12 heteroatoms. The first-order valence-electron chi connectivity index (χ1n) is 28.1. The Balaban J connectivity index is 1.35. The summed E-state index contributed by atoms with van der Waals surface area (Å²) in [6.07, 6.45) is 25.3.